The summed E-state index contributed by atoms with van der Waals surface area (Å²) in [4.78, 5) is 9.64. The maximum Gasteiger partial charge on any atom is 0.191 e. The minimum atomic E-state index is -0.841. The molecular formula is C27H34F2N6O3S. The van der Waals surface area contributed by atoms with Gasteiger partial charge in [0.25, 0.3) is 0 Å². The molecule has 6 atom stereocenters. The predicted octanol–water partition coefficient (Wildman–Crippen LogP) is 5.23. The quantitative estimate of drug-likeness (QED) is 0.264. The molecule has 12 heteroatoms. The first-order chi connectivity index (χ1) is 18.8. The van der Waals surface area contributed by atoms with Gasteiger partial charge >= 0.3 is 0 Å². The second-order valence-electron chi connectivity index (χ2n) is 11.0. The van der Waals surface area contributed by atoms with E-state index in [1.165, 1.54) is 12.1 Å². The van der Waals surface area contributed by atoms with E-state index in [1.54, 1.807) is 17.8 Å². The summed E-state index contributed by atoms with van der Waals surface area (Å²) in [6.07, 6.45) is 2.80. The molecule has 6 rings (SSSR count). The van der Waals surface area contributed by atoms with Crippen LogP contribution in [0.3, 0.4) is 0 Å². The second kappa shape index (κ2) is 10.5. The first-order valence-electron chi connectivity index (χ1n) is 13.7. The smallest absolute Gasteiger partial charge is 0.191 e. The Morgan fingerprint density at radius 3 is 2.69 bits per heavy atom. The Kier molecular flexibility index (Phi) is 7.23. The number of nitrogens with one attached hydrogen (secondary N) is 1. The van der Waals surface area contributed by atoms with E-state index in [4.69, 9.17) is 24.2 Å². The lowest BCUT2D eigenvalue weighted by Gasteiger charge is -2.23. The van der Waals surface area contributed by atoms with Crippen molar-refractivity contribution >= 4 is 28.7 Å². The van der Waals surface area contributed by atoms with E-state index in [-0.39, 0.29) is 36.3 Å². The fourth-order valence-electron chi connectivity index (χ4n) is 5.61. The Hall–Kier alpha value is -2.41. The molecule has 2 aliphatic carbocycles. The molecule has 9 nitrogen and oxygen atoms in total. The monoisotopic (exact) mass is 560 g/mol. The zero-order chi connectivity index (χ0) is 27.3. The Bertz CT molecular complexity index is 1360. The summed E-state index contributed by atoms with van der Waals surface area (Å²) in [5.41, 5.74) is 1.96. The molecule has 39 heavy (non-hydrogen) atoms. The van der Waals surface area contributed by atoms with Crippen molar-refractivity contribution in [3.63, 3.8) is 0 Å². The summed E-state index contributed by atoms with van der Waals surface area (Å²) in [5.74, 6) is -0.863. The number of rotatable bonds is 10. The van der Waals surface area contributed by atoms with Crippen LogP contribution in [0.25, 0.3) is 11.2 Å². The molecule has 210 valence electrons. The number of anilines is 1. The van der Waals surface area contributed by atoms with Gasteiger partial charge in [-0.1, -0.05) is 36.9 Å². The minimum Gasteiger partial charge on any atom is -0.375 e. The molecule has 0 bridgehead atoms. The first-order valence-corrected chi connectivity index (χ1v) is 14.7. The average molecular weight is 561 g/mol. The van der Waals surface area contributed by atoms with Crippen LogP contribution in [0.1, 0.15) is 70.9 Å². The average Bonchev–Trinajstić information content (AvgIpc) is 3.24. The molecule has 0 radical (unpaired) electrons. The van der Waals surface area contributed by atoms with Crippen LogP contribution in [-0.4, -0.2) is 67.5 Å². The highest BCUT2D eigenvalue weighted by Gasteiger charge is 2.56. The van der Waals surface area contributed by atoms with Gasteiger partial charge in [0.15, 0.2) is 39.6 Å². The fourth-order valence-corrected chi connectivity index (χ4v) is 6.31. The van der Waals surface area contributed by atoms with Gasteiger partial charge in [0.1, 0.15) is 12.2 Å². The zero-order valence-electron chi connectivity index (χ0n) is 22.6. The lowest BCUT2D eigenvalue weighted by atomic mass is 10.1. The third-order valence-electron chi connectivity index (χ3n) is 7.46. The van der Waals surface area contributed by atoms with Crippen LogP contribution in [0.5, 0.6) is 0 Å². The van der Waals surface area contributed by atoms with Gasteiger partial charge in [0, 0.05) is 30.7 Å². The number of ether oxygens (including phenoxy) is 3. The van der Waals surface area contributed by atoms with Gasteiger partial charge in [-0.25, -0.2) is 23.4 Å². The predicted molar refractivity (Wildman–Crippen MR) is 143 cm³/mol. The van der Waals surface area contributed by atoms with Gasteiger partial charge in [0.2, 0.25) is 0 Å². The molecule has 2 saturated carbocycles. The van der Waals surface area contributed by atoms with Crippen molar-refractivity contribution in [3.8, 4) is 0 Å². The van der Waals surface area contributed by atoms with Crippen molar-refractivity contribution in [3.05, 3.63) is 35.4 Å². The number of thioether (sulfide) groups is 1. The molecule has 2 unspecified atom stereocenters. The van der Waals surface area contributed by atoms with Gasteiger partial charge in [-0.15, -0.1) is 5.10 Å². The van der Waals surface area contributed by atoms with Gasteiger partial charge < -0.3 is 19.5 Å². The number of halogens is 2. The molecule has 3 heterocycles. The van der Waals surface area contributed by atoms with E-state index in [9.17, 15) is 8.78 Å². The minimum absolute atomic E-state index is 0.0252. The van der Waals surface area contributed by atoms with Crippen LogP contribution < -0.4 is 5.32 Å². The van der Waals surface area contributed by atoms with Crippen molar-refractivity contribution in [1.82, 2.24) is 25.0 Å². The van der Waals surface area contributed by atoms with Crippen LogP contribution >= 0.6 is 11.8 Å². The normalized spacial score (nSPS) is 29.2. The molecule has 1 N–H and O–H groups in total. The molecule has 3 aliphatic rings. The molecule has 1 aliphatic heterocycles. The molecule has 1 saturated heterocycles. The highest BCUT2D eigenvalue weighted by atomic mass is 32.2. The summed E-state index contributed by atoms with van der Waals surface area (Å²) in [6.45, 7) is 8.68. The van der Waals surface area contributed by atoms with Crippen molar-refractivity contribution in [2.45, 2.75) is 101 Å². The van der Waals surface area contributed by atoms with Gasteiger partial charge in [-0.05, 0) is 50.8 Å². The summed E-state index contributed by atoms with van der Waals surface area (Å²) < 4.78 is 47.8. The second-order valence-corrected chi connectivity index (χ2v) is 12.0. The Morgan fingerprint density at radius 1 is 1.10 bits per heavy atom. The molecule has 3 aromatic rings. The third kappa shape index (κ3) is 5.23. The van der Waals surface area contributed by atoms with Gasteiger partial charge in [-0.3, -0.25) is 0 Å². The maximum absolute atomic E-state index is 13.8. The van der Waals surface area contributed by atoms with E-state index < -0.39 is 17.4 Å². The molecule has 0 spiro atoms. The number of aromatic nitrogens is 5. The van der Waals surface area contributed by atoms with E-state index in [2.05, 4.69) is 29.5 Å². The van der Waals surface area contributed by atoms with Gasteiger partial charge in [-0.2, -0.15) is 0 Å². The number of hydrogen-bond acceptors (Lipinski definition) is 9. The van der Waals surface area contributed by atoms with E-state index in [0.29, 0.717) is 35.2 Å². The molecule has 1 aromatic carbocycles. The maximum atomic E-state index is 13.8. The first kappa shape index (κ1) is 26.8. The fraction of sp³-hybridized carbons (Fsp3) is 0.630. The molecule has 3 fully saturated rings. The van der Waals surface area contributed by atoms with Crippen molar-refractivity contribution in [2.75, 3.05) is 17.7 Å². The van der Waals surface area contributed by atoms with Crippen molar-refractivity contribution < 1.29 is 23.0 Å². The molecular weight excluding hydrogens is 526 g/mol. The summed E-state index contributed by atoms with van der Waals surface area (Å²) in [7, 11) is 0. The highest BCUT2D eigenvalue weighted by molar-refractivity contribution is 7.99. The number of hydrogen-bond donors (Lipinski definition) is 1. The number of benzene rings is 1. The van der Waals surface area contributed by atoms with Crippen LogP contribution in [0.4, 0.5) is 14.6 Å². The van der Waals surface area contributed by atoms with E-state index in [1.807, 2.05) is 18.5 Å². The molecule has 0 amide bonds. The van der Waals surface area contributed by atoms with Crippen LogP contribution in [-0.2, 0) is 14.2 Å². The summed E-state index contributed by atoms with van der Waals surface area (Å²) in [6, 6.07) is 3.95. The largest absolute Gasteiger partial charge is 0.375 e. The standard InChI is InChI=1S/C27H34F2N6O3S/c1-5-9-36-20-13-19(22-23(20)38-27(3,4)37-22)35-25-21(33-34-35)24(31-26(32-25)39-10-6-2)30-18-12-15(18)14-7-8-16(28)17(29)11-14/h7-8,11,15,18-20,22-23H,5-6,9-10,12-13H2,1-4H3,(H,30,31,32)/t15?,18-,19-,20+,22?,23-/m1/s1. The number of nitrogens with zero attached hydrogens (tertiary/aromatic N) is 5. The zero-order valence-corrected chi connectivity index (χ0v) is 23.4. The Balaban J connectivity index is 1.31. The number of fused-ring (bicyclic) bond motifs is 2. The summed E-state index contributed by atoms with van der Waals surface area (Å²) >= 11 is 1.58. The van der Waals surface area contributed by atoms with Crippen molar-refractivity contribution in [1.29, 1.82) is 0 Å². The van der Waals surface area contributed by atoms with Crippen LogP contribution in [0.2, 0.25) is 0 Å². The van der Waals surface area contributed by atoms with E-state index in [0.717, 1.165) is 30.6 Å². The third-order valence-corrected chi connectivity index (χ3v) is 8.51. The Morgan fingerprint density at radius 2 is 1.92 bits per heavy atom. The summed E-state index contributed by atoms with van der Waals surface area (Å²) in [5, 5.41) is 13.2. The highest BCUT2D eigenvalue weighted by Crippen LogP contribution is 2.47. The SMILES string of the molecule is CCCO[C@H]1C[C@@H](n2nnc3c(N[C@@H]4CC4c4ccc(F)c(F)c4)nc(SCCC)nc32)C2OC(C)(C)O[C@@H]21. The topological polar surface area (TPSA) is 96.2 Å². The van der Waals surface area contributed by atoms with Crippen molar-refractivity contribution in [2.24, 2.45) is 0 Å². The van der Waals surface area contributed by atoms with Gasteiger partial charge in [0.05, 0.1) is 12.1 Å². The Labute approximate surface area is 230 Å². The molecule has 2 aromatic heterocycles. The lowest BCUT2D eigenvalue weighted by Crippen LogP contribution is -2.31. The van der Waals surface area contributed by atoms with E-state index >= 15 is 0 Å². The lowest BCUT2D eigenvalue weighted by molar-refractivity contribution is -0.170. The van der Waals surface area contributed by atoms with Crippen LogP contribution in [0, 0.1) is 11.6 Å². The van der Waals surface area contributed by atoms with Crippen LogP contribution in [0.15, 0.2) is 23.4 Å².